The van der Waals surface area contributed by atoms with Gasteiger partial charge in [0.1, 0.15) is 0 Å². The fraction of sp³-hybridized carbons (Fsp3) is 0.538. The van der Waals surface area contributed by atoms with Crippen LogP contribution in [0, 0.1) is 19.8 Å². The summed E-state index contributed by atoms with van der Waals surface area (Å²) in [6.07, 6.45) is 0.931. The summed E-state index contributed by atoms with van der Waals surface area (Å²) in [4.78, 5) is 18.2. The number of carbonyl (C=O) groups is 1. The molecule has 1 aliphatic heterocycles. The minimum absolute atomic E-state index is 0.119. The van der Waals surface area contributed by atoms with Crippen LogP contribution < -0.4 is 10.2 Å². The Bertz CT molecular complexity index is 410. The summed E-state index contributed by atoms with van der Waals surface area (Å²) >= 11 is 0. The molecule has 1 aliphatic rings. The van der Waals surface area contributed by atoms with Crippen LogP contribution in [-0.2, 0) is 4.79 Å². The molecule has 0 spiro atoms. The fourth-order valence-electron chi connectivity index (χ4n) is 2.41. The van der Waals surface area contributed by atoms with Crippen LogP contribution in [0.2, 0.25) is 0 Å². The molecule has 17 heavy (non-hydrogen) atoms. The number of amides is 1. The number of aryl methyl sites for hydroxylation is 2. The molecular formula is C13H19N3O. The van der Waals surface area contributed by atoms with E-state index >= 15 is 0 Å². The summed E-state index contributed by atoms with van der Waals surface area (Å²) in [5.41, 5.74) is 3.24. The molecule has 1 aromatic rings. The van der Waals surface area contributed by atoms with E-state index in [1.165, 1.54) is 5.69 Å². The number of carbonyl (C=O) groups excluding carboxylic acids is 1. The minimum Gasteiger partial charge on any atom is -0.371 e. The largest absolute Gasteiger partial charge is 0.371 e. The quantitative estimate of drug-likeness (QED) is 0.836. The lowest BCUT2D eigenvalue weighted by Crippen LogP contribution is -2.30. The zero-order chi connectivity index (χ0) is 12.4. The minimum atomic E-state index is 0.119. The summed E-state index contributed by atoms with van der Waals surface area (Å²) in [6.45, 7) is 5.76. The molecule has 0 bridgehead atoms. The Morgan fingerprint density at radius 1 is 1.41 bits per heavy atom. The van der Waals surface area contributed by atoms with E-state index in [1.807, 2.05) is 13.8 Å². The van der Waals surface area contributed by atoms with Gasteiger partial charge in [0.2, 0.25) is 5.91 Å². The molecule has 1 amide bonds. The maximum Gasteiger partial charge on any atom is 0.224 e. The summed E-state index contributed by atoms with van der Waals surface area (Å²) in [5, 5.41) is 2.72. The van der Waals surface area contributed by atoms with Crippen molar-refractivity contribution in [2.45, 2.75) is 20.3 Å². The third-order valence-corrected chi connectivity index (χ3v) is 3.24. The van der Waals surface area contributed by atoms with Crippen molar-refractivity contribution in [1.82, 2.24) is 10.3 Å². The first-order valence-electron chi connectivity index (χ1n) is 6.02. The Morgan fingerprint density at radius 2 is 2.06 bits per heavy atom. The smallest absolute Gasteiger partial charge is 0.224 e. The van der Waals surface area contributed by atoms with E-state index in [2.05, 4.69) is 27.3 Å². The fourth-order valence-corrected chi connectivity index (χ4v) is 2.41. The van der Waals surface area contributed by atoms with Crippen molar-refractivity contribution in [3.8, 4) is 0 Å². The van der Waals surface area contributed by atoms with Crippen LogP contribution in [-0.4, -0.2) is 31.0 Å². The van der Waals surface area contributed by atoms with Crippen LogP contribution in [0.15, 0.2) is 12.1 Å². The molecule has 1 aromatic heterocycles. The van der Waals surface area contributed by atoms with Crippen molar-refractivity contribution in [3.05, 3.63) is 23.5 Å². The maximum atomic E-state index is 11.6. The second-order valence-corrected chi connectivity index (χ2v) is 4.65. The highest BCUT2D eigenvalue weighted by Crippen LogP contribution is 2.24. The lowest BCUT2D eigenvalue weighted by Gasteiger charge is -2.19. The highest BCUT2D eigenvalue weighted by atomic mass is 16.1. The Labute approximate surface area is 102 Å². The molecule has 0 saturated carbocycles. The summed E-state index contributed by atoms with van der Waals surface area (Å²) in [7, 11) is 1.70. The Kier molecular flexibility index (Phi) is 3.31. The lowest BCUT2D eigenvalue weighted by atomic mass is 10.1. The topological polar surface area (TPSA) is 45.2 Å². The summed E-state index contributed by atoms with van der Waals surface area (Å²) in [5.74, 6) is 0.267. The summed E-state index contributed by atoms with van der Waals surface area (Å²) in [6, 6.07) is 4.17. The van der Waals surface area contributed by atoms with Gasteiger partial charge >= 0.3 is 0 Å². The van der Waals surface area contributed by atoms with Crippen LogP contribution in [0.1, 0.15) is 17.8 Å². The van der Waals surface area contributed by atoms with E-state index in [-0.39, 0.29) is 11.8 Å². The van der Waals surface area contributed by atoms with Crippen molar-refractivity contribution < 1.29 is 4.79 Å². The number of hydrogen-bond donors (Lipinski definition) is 1. The first kappa shape index (κ1) is 11.9. The van der Waals surface area contributed by atoms with Gasteiger partial charge in [0.05, 0.1) is 5.92 Å². The number of anilines is 1. The Morgan fingerprint density at radius 3 is 2.65 bits per heavy atom. The molecule has 0 aliphatic carbocycles. The highest BCUT2D eigenvalue weighted by Gasteiger charge is 2.27. The zero-order valence-corrected chi connectivity index (χ0v) is 10.7. The molecule has 1 atom stereocenters. The SMILES string of the molecule is CNC(=O)[C@@H]1CCN(c2cc(C)nc(C)c2)C1. The average molecular weight is 233 g/mol. The standard InChI is InChI=1S/C13H19N3O/c1-9-6-12(7-10(2)15-9)16-5-4-11(8-16)13(17)14-3/h6-7,11H,4-5,8H2,1-3H3,(H,14,17)/t11-/m1/s1. The normalized spacial score (nSPS) is 19.5. The number of aromatic nitrogens is 1. The molecule has 0 unspecified atom stereocenters. The van der Waals surface area contributed by atoms with E-state index in [4.69, 9.17) is 0 Å². The zero-order valence-electron chi connectivity index (χ0n) is 10.7. The molecule has 4 nitrogen and oxygen atoms in total. The first-order valence-corrected chi connectivity index (χ1v) is 6.02. The molecule has 4 heteroatoms. The molecule has 92 valence electrons. The van der Waals surface area contributed by atoms with Crippen molar-refractivity contribution in [2.24, 2.45) is 5.92 Å². The maximum absolute atomic E-state index is 11.6. The van der Waals surface area contributed by atoms with E-state index < -0.39 is 0 Å². The molecule has 1 fully saturated rings. The van der Waals surface area contributed by atoms with E-state index in [0.29, 0.717) is 0 Å². The Balaban J connectivity index is 2.12. The van der Waals surface area contributed by atoms with Gasteiger partial charge in [-0.1, -0.05) is 0 Å². The number of hydrogen-bond acceptors (Lipinski definition) is 3. The van der Waals surface area contributed by atoms with Crippen LogP contribution in [0.3, 0.4) is 0 Å². The molecule has 2 heterocycles. The second-order valence-electron chi connectivity index (χ2n) is 4.65. The van der Waals surface area contributed by atoms with E-state index in [0.717, 1.165) is 30.9 Å². The van der Waals surface area contributed by atoms with Crippen molar-refractivity contribution >= 4 is 11.6 Å². The second kappa shape index (κ2) is 4.73. The summed E-state index contributed by atoms with van der Waals surface area (Å²) < 4.78 is 0. The number of nitrogens with zero attached hydrogens (tertiary/aromatic N) is 2. The highest BCUT2D eigenvalue weighted by molar-refractivity contribution is 5.79. The number of nitrogens with one attached hydrogen (secondary N) is 1. The molecule has 0 aromatic carbocycles. The van der Waals surface area contributed by atoms with Gasteiger partial charge in [0, 0.05) is 37.2 Å². The molecule has 1 saturated heterocycles. The Hall–Kier alpha value is -1.58. The average Bonchev–Trinajstić information content (AvgIpc) is 2.76. The van der Waals surface area contributed by atoms with Gasteiger partial charge in [-0.25, -0.2) is 0 Å². The third-order valence-electron chi connectivity index (χ3n) is 3.24. The first-order chi connectivity index (χ1) is 8.10. The van der Waals surface area contributed by atoms with Gasteiger partial charge in [0.15, 0.2) is 0 Å². The van der Waals surface area contributed by atoms with Crippen LogP contribution in [0.4, 0.5) is 5.69 Å². The van der Waals surface area contributed by atoms with Gasteiger partial charge < -0.3 is 10.2 Å². The van der Waals surface area contributed by atoms with Gasteiger partial charge in [-0.05, 0) is 32.4 Å². The van der Waals surface area contributed by atoms with Crippen molar-refractivity contribution in [3.63, 3.8) is 0 Å². The molecule has 0 radical (unpaired) electrons. The predicted octanol–water partition coefficient (Wildman–Crippen LogP) is 1.27. The third kappa shape index (κ3) is 2.57. The van der Waals surface area contributed by atoms with Gasteiger partial charge in [-0.3, -0.25) is 9.78 Å². The van der Waals surface area contributed by atoms with E-state index in [1.54, 1.807) is 7.05 Å². The van der Waals surface area contributed by atoms with Gasteiger partial charge in [-0.15, -0.1) is 0 Å². The molecular weight excluding hydrogens is 214 g/mol. The monoisotopic (exact) mass is 233 g/mol. The van der Waals surface area contributed by atoms with Gasteiger partial charge in [0.25, 0.3) is 0 Å². The number of rotatable bonds is 2. The van der Waals surface area contributed by atoms with Crippen LogP contribution >= 0.6 is 0 Å². The van der Waals surface area contributed by atoms with Crippen molar-refractivity contribution in [2.75, 3.05) is 25.0 Å². The molecule has 1 N–H and O–H groups in total. The van der Waals surface area contributed by atoms with Crippen LogP contribution in [0.25, 0.3) is 0 Å². The molecule has 2 rings (SSSR count). The van der Waals surface area contributed by atoms with E-state index in [9.17, 15) is 4.79 Å². The van der Waals surface area contributed by atoms with Crippen LogP contribution in [0.5, 0.6) is 0 Å². The van der Waals surface area contributed by atoms with Crippen molar-refractivity contribution in [1.29, 1.82) is 0 Å². The lowest BCUT2D eigenvalue weighted by molar-refractivity contribution is -0.123. The van der Waals surface area contributed by atoms with Gasteiger partial charge in [-0.2, -0.15) is 0 Å². The number of pyridine rings is 1. The predicted molar refractivity (Wildman–Crippen MR) is 68.1 cm³/mol.